The minimum absolute atomic E-state index is 0.113. The van der Waals surface area contributed by atoms with Crippen molar-refractivity contribution in [3.8, 4) is 0 Å². The Morgan fingerprint density at radius 2 is 1.15 bits per heavy atom. The van der Waals surface area contributed by atoms with Gasteiger partial charge in [-0.15, -0.1) is 10.2 Å². The van der Waals surface area contributed by atoms with Crippen molar-refractivity contribution in [2.24, 2.45) is 20.5 Å². The van der Waals surface area contributed by atoms with E-state index >= 15 is 0 Å². The zero-order valence-corrected chi connectivity index (χ0v) is 14.8. The van der Waals surface area contributed by atoms with E-state index in [2.05, 4.69) is 20.5 Å². The molecule has 0 aliphatic carbocycles. The Labute approximate surface area is 155 Å². The van der Waals surface area contributed by atoms with Crippen molar-refractivity contribution in [2.45, 2.75) is 32.4 Å². The third kappa shape index (κ3) is 5.73. The third-order valence-corrected chi connectivity index (χ3v) is 3.56. The minimum atomic E-state index is -0.511. The maximum Gasteiger partial charge on any atom is 0.296 e. The molecule has 27 heavy (non-hydrogen) atoms. The quantitative estimate of drug-likeness (QED) is 0.342. The van der Waals surface area contributed by atoms with Crippen molar-refractivity contribution in [2.75, 3.05) is 0 Å². The molecule has 2 rings (SSSR count). The molecule has 0 radical (unpaired) electrons. The van der Waals surface area contributed by atoms with Gasteiger partial charge in [-0.1, -0.05) is 24.3 Å². The van der Waals surface area contributed by atoms with E-state index < -0.39 is 9.85 Å². The van der Waals surface area contributed by atoms with E-state index in [4.69, 9.17) is 0 Å². The molecule has 0 aliphatic rings. The molecular formula is C17H18N6O4. The van der Waals surface area contributed by atoms with Crippen molar-refractivity contribution in [1.82, 2.24) is 0 Å². The average molecular weight is 370 g/mol. The van der Waals surface area contributed by atoms with Gasteiger partial charge in [-0.05, 0) is 32.4 Å². The summed E-state index contributed by atoms with van der Waals surface area (Å²) in [4.78, 5) is 20.9. The summed E-state index contributed by atoms with van der Waals surface area (Å²) in [6.45, 7) is 3.60. The summed E-state index contributed by atoms with van der Waals surface area (Å²) in [5, 5.41) is 38.0. The topological polar surface area (TPSA) is 136 Å². The second-order valence-corrected chi connectivity index (χ2v) is 5.86. The number of para-hydroxylation sites is 2. The van der Waals surface area contributed by atoms with Gasteiger partial charge in [0.15, 0.2) is 11.4 Å². The summed E-state index contributed by atoms with van der Waals surface area (Å²) in [6, 6.07) is 11.7. The van der Waals surface area contributed by atoms with E-state index in [1.54, 1.807) is 38.1 Å². The molecule has 0 saturated carbocycles. The van der Waals surface area contributed by atoms with Crippen LogP contribution in [0.3, 0.4) is 0 Å². The highest BCUT2D eigenvalue weighted by molar-refractivity contribution is 5.56. The van der Waals surface area contributed by atoms with E-state index in [9.17, 15) is 20.2 Å². The van der Waals surface area contributed by atoms with Gasteiger partial charge >= 0.3 is 0 Å². The fraction of sp³-hybridized carbons (Fsp3) is 0.294. The van der Waals surface area contributed by atoms with Crippen molar-refractivity contribution in [1.29, 1.82) is 0 Å². The lowest BCUT2D eigenvalue weighted by Gasteiger charge is -2.08. The Bertz CT molecular complexity index is 812. The van der Waals surface area contributed by atoms with Gasteiger partial charge in [0.2, 0.25) is 0 Å². The molecular weight excluding hydrogens is 352 g/mol. The fourth-order valence-corrected chi connectivity index (χ4v) is 2.32. The Morgan fingerprint density at radius 3 is 1.52 bits per heavy atom. The number of azo groups is 2. The second-order valence-electron chi connectivity index (χ2n) is 5.86. The van der Waals surface area contributed by atoms with Crippen molar-refractivity contribution < 1.29 is 9.85 Å². The molecule has 10 nitrogen and oxygen atoms in total. The van der Waals surface area contributed by atoms with Gasteiger partial charge in [-0.25, -0.2) is 0 Å². The summed E-state index contributed by atoms with van der Waals surface area (Å²) in [6.07, 6.45) is 0.480. The van der Waals surface area contributed by atoms with Crippen molar-refractivity contribution in [3.63, 3.8) is 0 Å². The van der Waals surface area contributed by atoms with Crippen molar-refractivity contribution >= 4 is 22.7 Å². The summed E-state index contributed by atoms with van der Waals surface area (Å²) in [5.74, 6) is 0. The third-order valence-electron chi connectivity index (χ3n) is 3.56. The highest BCUT2D eigenvalue weighted by Crippen LogP contribution is 2.28. The predicted octanol–water partition coefficient (Wildman–Crippen LogP) is 5.54. The summed E-state index contributed by atoms with van der Waals surface area (Å²) in [7, 11) is 0. The molecule has 2 atom stereocenters. The molecule has 2 unspecified atom stereocenters. The van der Waals surface area contributed by atoms with Crippen LogP contribution in [-0.4, -0.2) is 21.9 Å². The lowest BCUT2D eigenvalue weighted by molar-refractivity contribution is -0.384. The molecule has 2 aromatic carbocycles. The van der Waals surface area contributed by atoms with Gasteiger partial charge in [-0.2, -0.15) is 10.2 Å². The molecule has 0 amide bonds. The second kappa shape index (κ2) is 9.22. The maximum atomic E-state index is 11.0. The van der Waals surface area contributed by atoms with E-state index in [1.165, 1.54) is 24.3 Å². The highest BCUT2D eigenvalue weighted by atomic mass is 16.6. The molecule has 0 fully saturated rings. The van der Waals surface area contributed by atoms with Gasteiger partial charge in [0, 0.05) is 12.1 Å². The van der Waals surface area contributed by atoms with Gasteiger partial charge in [0.1, 0.15) is 0 Å². The molecule has 0 bridgehead atoms. The van der Waals surface area contributed by atoms with Crippen LogP contribution in [0.25, 0.3) is 0 Å². The molecule has 0 spiro atoms. The lowest BCUT2D eigenvalue weighted by Crippen LogP contribution is -2.07. The van der Waals surface area contributed by atoms with Crippen LogP contribution in [-0.2, 0) is 0 Å². The minimum Gasteiger partial charge on any atom is -0.258 e. The monoisotopic (exact) mass is 370 g/mol. The van der Waals surface area contributed by atoms with Gasteiger partial charge in [0.05, 0.1) is 21.9 Å². The molecule has 0 aliphatic heterocycles. The summed E-state index contributed by atoms with van der Waals surface area (Å²) in [5.41, 5.74) is 0.141. The average Bonchev–Trinajstić information content (AvgIpc) is 2.65. The largest absolute Gasteiger partial charge is 0.296 e. The smallest absolute Gasteiger partial charge is 0.258 e. The van der Waals surface area contributed by atoms with E-state index in [1.807, 2.05) is 0 Å². The van der Waals surface area contributed by atoms with Crippen LogP contribution in [0.5, 0.6) is 0 Å². The molecule has 140 valence electrons. The summed E-state index contributed by atoms with van der Waals surface area (Å²) < 4.78 is 0. The zero-order valence-electron chi connectivity index (χ0n) is 14.8. The van der Waals surface area contributed by atoms with Crippen LogP contribution in [0.4, 0.5) is 22.7 Å². The van der Waals surface area contributed by atoms with Crippen LogP contribution in [0.1, 0.15) is 20.3 Å². The SMILES string of the molecule is CC(CC(C)N=Nc1ccccc1[N+](=O)[O-])N=Nc1ccccc1[N+](=O)[O-]. The van der Waals surface area contributed by atoms with Crippen LogP contribution in [0.2, 0.25) is 0 Å². The highest BCUT2D eigenvalue weighted by Gasteiger charge is 2.14. The van der Waals surface area contributed by atoms with E-state index in [0.717, 1.165) is 0 Å². The Balaban J connectivity index is 2.01. The Hall–Kier alpha value is -3.56. The summed E-state index contributed by atoms with van der Waals surface area (Å²) >= 11 is 0. The zero-order chi connectivity index (χ0) is 19.8. The first-order valence-corrected chi connectivity index (χ1v) is 8.17. The number of hydrogen-bond acceptors (Lipinski definition) is 8. The number of hydrogen-bond donors (Lipinski definition) is 0. The van der Waals surface area contributed by atoms with E-state index in [-0.39, 0.29) is 34.8 Å². The van der Waals surface area contributed by atoms with Gasteiger partial charge in [-0.3, -0.25) is 20.2 Å². The molecule has 0 aromatic heterocycles. The Kier molecular flexibility index (Phi) is 6.75. The predicted molar refractivity (Wildman–Crippen MR) is 98.8 cm³/mol. The van der Waals surface area contributed by atoms with Crippen LogP contribution in [0, 0.1) is 20.2 Å². The first kappa shape index (κ1) is 19.8. The Morgan fingerprint density at radius 1 is 0.778 bits per heavy atom. The maximum absolute atomic E-state index is 11.0. The molecule has 0 saturated heterocycles. The first-order valence-electron chi connectivity index (χ1n) is 8.17. The number of rotatable bonds is 8. The number of benzene rings is 2. The van der Waals surface area contributed by atoms with Crippen LogP contribution in [0.15, 0.2) is 69.0 Å². The van der Waals surface area contributed by atoms with Crippen molar-refractivity contribution in [3.05, 3.63) is 68.8 Å². The standard InChI is InChI=1S/C17H18N6O4/c1-12(18-20-14-7-3-5-9-16(14)22(24)25)11-13(2)19-21-15-8-4-6-10-17(15)23(26)27/h3-10,12-13H,11H2,1-2H3. The molecule has 10 heteroatoms. The van der Waals surface area contributed by atoms with Crippen LogP contribution >= 0.6 is 0 Å². The first-order chi connectivity index (χ1) is 12.9. The van der Waals surface area contributed by atoms with E-state index in [0.29, 0.717) is 6.42 Å². The molecule has 0 heterocycles. The lowest BCUT2D eigenvalue weighted by atomic mass is 10.1. The van der Waals surface area contributed by atoms with Crippen LogP contribution < -0.4 is 0 Å². The van der Waals surface area contributed by atoms with Gasteiger partial charge in [0.25, 0.3) is 11.4 Å². The number of nitro groups is 2. The fourth-order valence-electron chi connectivity index (χ4n) is 2.32. The molecule has 0 N–H and O–H groups in total. The molecule has 2 aromatic rings. The number of nitro benzene ring substituents is 2. The number of nitrogens with zero attached hydrogens (tertiary/aromatic N) is 6. The normalized spacial score (nSPS) is 13.7. The van der Waals surface area contributed by atoms with Gasteiger partial charge < -0.3 is 0 Å².